The summed E-state index contributed by atoms with van der Waals surface area (Å²) in [5.74, 6) is 0.608. The van der Waals surface area contributed by atoms with E-state index in [4.69, 9.17) is 4.74 Å². The molecule has 1 unspecified atom stereocenters. The number of halogens is 3. The predicted molar refractivity (Wildman–Crippen MR) is 126 cm³/mol. The summed E-state index contributed by atoms with van der Waals surface area (Å²) in [6, 6.07) is 9.27. The van der Waals surface area contributed by atoms with Gasteiger partial charge in [0.05, 0.1) is 30.2 Å². The number of anilines is 1. The van der Waals surface area contributed by atoms with Crippen LogP contribution in [0.25, 0.3) is 16.9 Å². The van der Waals surface area contributed by atoms with Crippen LogP contribution in [0.2, 0.25) is 0 Å². The van der Waals surface area contributed by atoms with Crippen molar-refractivity contribution >= 4 is 5.69 Å². The first-order chi connectivity index (χ1) is 16.7. The van der Waals surface area contributed by atoms with E-state index in [0.29, 0.717) is 60.6 Å². The molecule has 1 aromatic heterocycles. The van der Waals surface area contributed by atoms with E-state index in [9.17, 15) is 23.1 Å². The molecule has 1 aliphatic carbocycles. The summed E-state index contributed by atoms with van der Waals surface area (Å²) < 4.78 is 48.5. The number of fused-ring (bicyclic) bond motifs is 1. The zero-order chi connectivity index (χ0) is 24.9. The first-order valence-corrected chi connectivity index (χ1v) is 11.6. The molecule has 184 valence electrons. The maximum Gasteiger partial charge on any atom is 0.418 e. The quantitative estimate of drug-likeness (QED) is 0.597. The number of rotatable bonds is 4. The second-order valence-electron chi connectivity index (χ2n) is 9.20. The Labute approximate surface area is 200 Å². The first kappa shape index (κ1) is 23.4. The molecule has 0 spiro atoms. The molecule has 5 rings (SSSR count). The van der Waals surface area contributed by atoms with Gasteiger partial charge in [-0.2, -0.15) is 23.0 Å². The molecule has 0 radical (unpaired) electrons. The highest BCUT2D eigenvalue weighted by Gasteiger charge is 2.36. The number of alkyl halides is 3. The van der Waals surface area contributed by atoms with Gasteiger partial charge in [-0.15, -0.1) is 0 Å². The summed E-state index contributed by atoms with van der Waals surface area (Å²) in [5, 5.41) is 14.4. The van der Waals surface area contributed by atoms with Crippen LogP contribution in [-0.2, 0) is 19.0 Å². The van der Waals surface area contributed by atoms with Gasteiger partial charge in [-0.3, -0.25) is 4.79 Å². The second kappa shape index (κ2) is 8.71. The van der Waals surface area contributed by atoms with Crippen molar-refractivity contribution in [2.24, 2.45) is 0 Å². The third-order valence-electron chi connectivity index (χ3n) is 6.76. The molecule has 2 aliphatic rings. The fraction of sp³-hybridized carbons (Fsp3) is 0.385. The van der Waals surface area contributed by atoms with Crippen LogP contribution in [0.4, 0.5) is 18.9 Å². The van der Waals surface area contributed by atoms with E-state index < -0.39 is 23.4 Å². The van der Waals surface area contributed by atoms with Gasteiger partial charge in [0.2, 0.25) is 0 Å². The Morgan fingerprint density at radius 3 is 2.57 bits per heavy atom. The number of aliphatic hydroxyl groups excluding tert-OH is 1. The van der Waals surface area contributed by atoms with Crippen molar-refractivity contribution in [2.45, 2.75) is 44.9 Å². The van der Waals surface area contributed by atoms with Crippen LogP contribution in [0, 0.1) is 6.92 Å². The van der Waals surface area contributed by atoms with Gasteiger partial charge < -0.3 is 14.7 Å². The number of aromatic nitrogens is 2. The van der Waals surface area contributed by atoms with E-state index in [0.717, 1.165) is 28.3 Å². The Kier molecular flexibility index (Phi) is 5.83. The van der Waals surface area contributed by atoms with Gasteiger partial charge in [-0.1, -0.05) is 0 Å². The second-order valence-corrected chi connectivity index (χ2v) is 9.20. The van der Waals surface area contributed by atoms with E-state index in [1.807, 2.05) is 24.0 Å². The van der Waals surface area contributed by atoms with E-state index in [-0.39, 0.29) is 5.69 Å². The molecule has 35 heavy (non-hydrogen) atoms. The highest BCUT2D eigenvalue weighted by molar-refractivity contribution is 5.68. The number of ether oxygens (including phenoxy) is 1. The van der Waals surface area contributed by atoms with Gasteiger partial charge in [-0.05, 0) is 80.1 Å². The van der Waals surface area contributed by atoms with Crippen LogP contribution in [0.15, 0.2) is 41.2 Å². The van der Waals surface area contributed by atoms with Crippen LogP contribution in [0.1, 0.15) is 35.1 Å². The normalized spacial score (nSPS) is 17.7. The van der Waals surface area contributed by atoms with Gasteiger partial charge >= 0.3 is 6.18 Å². The van der Waals surface area contributed by atoms with Gasteiger partial charge in [0.15, 0.2) is 0 Å². The van der Waals surface area contributed by atoms with Crippen LogP contribution in [-0.4, -0.2) is 41.2 Å². The minimum atomic E-state index is -4.68. The molecule has 9 heteroatoms. The molecule has 1 aliphatic heterocycles. The summed E-state index contributed by atoms with van der Waals surface area (Å²) in [6.45, 7) is 2.75. The van der Waals surface area contributed by atoms with Crippen molar-refractivity contribution in [1.29, 1.82) is 0 Å². The third-order valence-corrected chi connectivity index (χ3v) is 6.76. The van der Waals surface area contributed by atoms with Crippen LogP contribution < -0.4 is 15.2 Å². The Hall–Kier alpha value is -3.33. The summed E-state index contributed by atoms with van der Waals surface area (Å²) >= 11 is 0. The molecule has 3 aromatic rings. The molecule has 2 aromatic carbocycles. The number of benzene rings is 2. The van der Waals surface area contributed by atoms with Gasteiger partial charge in [0.25, 0.3) is 5.56 Å². The molecule has 1 fully saturated rings. The van der Waals surface area contributed by atoms with Crippen molar-refractivity contribution in [3.05, 3.63) is 69.0 Å². The van der Waals surface area contributed by atoms with Crippen molar-refractivity contribution < 1.29 is 23.0 Å². The largest absolute Gasteiger partial charge is 0.497 e. The van der Waals surface area contributed by atoms with Crippen LogP contribution in [0.3, 0.4) is 0 Å². The number of hydrogen-bond donors (Lipinski definition) is 1. The molecule has 2 heterocycles. The number of methoxy groups -OCH3 is 1. The average Bonchev–Trinajstić information content (AvgIpc) is 3.48. The van der Waals surface area contributed by atoms with E-state index >= 15 is 0 Å². The molecule has 0 amide bonds. The predicted octanol–water partition coefficient (Wildman–Crippen LogP) is 4.30. The summed E-state index contributed by atoms with van der Waals surface area (Å²) in [7, 11) is 1.55. The number of β-amino-alcohol motifs (C(OH)–C–C–N with tert-alkyl or cyclic N) is 1. The zero-order valence-corrected chi connectivity index (χ0v) is 19.5. The number of aryl methyl sites for hydroxylation is 1. The molecule has 1 saturated heterocycles. The van der Waals surface area contributed by atoms with Gasteiger partial charge in [0, 0.05) is 29.9 Å². The average molecular weight is 486 g/mol. The SMILES string of the molecule is COc1cc(C)cc(-c2nn(-c3cc(N4CCC(O)C4)ccc3C(F)(F)F)c(=O)c3c2CCC3)c1. The van der Waals surface area contributed by atoms with E-state index in [2.05, 4.69) is 5.10 Å². The Bertz CT molecular complexity index is 1350. The third kappa shape index (κ3) is 4.29. The van der Waals surface area contributed by atoms with Gasteiger partial charge in [-0.25, -0.2) is 0 Å². The van der Waals surface area contributed by atoms with Gasteiger partial charge in [0.1, 0.15) is 5.75 Å². The minimum Gasteiger partial charge on any atom is -0.497 e. The molecular weight excluding hydrogens is 459 g/mol. The number of aliphatic hydroxyl groups is 1. The molecule has 0 bridgehead atoms. The summed E-state index contributed by atoms with van der Waals surface area (Å²) in [6.07, 6.45) is -2.81. The fourth-order valence-corrected chi connectivity index (χ4v) is 5.08. The van der Waals surface area contributed by atoms with Crippen molar-refractivity contribution in [3.8, 4) is 22.7 Å². The van der Waals surface area contributed by atoms with Crippen molar-refractivity contribution in [2.75, 3.05) is 25.1 Å². The highest BCUT2D eigenvalue weighted by atomic mass is 19.4. The smallest absolute Gasteiger partial charge is 0.418 e. The van der Waals surface area contributed by atoms with E-state index in [1.165, 1.54) is 12.1 Å². The standard InChI is InChI=1S/C26H26F3N3O3/c1-15-10-16(12-19(11-15)35-2)24-20-4-3-5-21(20)25(34)32(30-24)23-13-17(31-9-8-18(33)14-31)6-7-22(23)26(27,28)29/h6-7,10-13,18,33H,3-5,8-9,14H2,1-2H3. The van der Waals surface area contributed by atoms with Crippen LogP contribution >= 0.6 is 0 Å². The Morgan fingerprint density at radius 2 is 1.89 bits per heavy atom. The first-order valence-electron chi connectivity index (χ1n) is 11.6. The molecular formula is C26H26F3N3O3. The number of hydrogen-bond acceptors (Lipinski definition) is 5. The van der Waals surface area contributed by atoms with E-state index in [1.54, 1.807) is 13.2 Å². The lowest BCUT2D eigenvalue weighted by molar-refractivity contribution is -0.137. The Morgan fingerprint density at radius 1 is 1.11 bits per heavy atom. The van der Waals surface area contributed by atoms with Crippen LogP contribution in [0.5, 0.6) is 5.75 Å². The summed E-state index contributed by atoms with van der Waals surface area (Å²) in [4.78, 5) is 15.3. The summed E-state index contributed by atoms with van der Waals surface area (Å²) in [5.41, 5.74) is 2.14. The lowest BCUT2D eigenvalue weighted by Crippen LogP contribution is -2.29. The zero-order valence-electron chi connectivity index (χ0n) is 19.5. The minimum absolute atomic E-state index is 0.308. The topological polar surface area (TPSA) is 67.6 Å². The lowest BCUT2D eigenvalue weighted by Gasteiger charge is -2.22. The monoisotopic (exact) mass is 485 g/mol. The maximum atomic E-state index is 14.1. The Balaban J connectivity index is 1.75. The highest BCUT2D eigenvalue weighted by Crippen LogP contribution is 2.37. The molecule has 0 saturated carbocycles. The number of nitrogens with zero attached hydrogens (tertiary/aromatic N) is 3. The molecule has 6 nitrogen and oxygen atoms in total. The van der Waals surface area contributed by atoms with Crippen molar-refractivity contribution in [3.63, 3.8) is 0 Å². The van der Waals surface area contributed by atoms with Crippen molar-refractivity contribution in [1.82, 2.24) is 9.78 Å². The molecule has 1 atom stereocenters. The fourth-order valence-electron chi connectivity index (χ4n) is 5.08. The lowest BCUT2D eigenvalue weighted by atomic mass is 10.0. The maximum absolute atomic E-state index is 14.1. The molecule has 1 N–H and O–H groups in total.